The summed E-state index contributed by atoms with van der Waals surface area (Å²) >= 11 is 0. The Morgan fingerprint density at radius 1 is 1.21 bits per heavy atom. The number of hydrogen-bond donors (Lipinski definition) is 1. The zero-order chi connectivity index (χ0) is 9.80. The zero-order valence-corrected chi connectivity index (χ0v) is 8.01. The Bertz CT molecular complexity index is 377. The highest BCUT2D eigenvalue weighted by Gasteiger charge is 1.93. The van der Waals surface area contributed by atoms with Gasteiger partial charge in [-0.3, -0.25) is 14.6 Å². The Morgan fingerprint density at radius 3 is 2.64 bits per heavy atom. The van der Waals surface area contributed by atoms with Crippen molar-refractivity contribution in [1.29, 1.82) is 0 Å². The summed E-state index contributed by atoms with van der Waals surface area (Å²) in [6.45, 7) is 2.61. The third-order valence-corrected chi connectivity index (χ3v) is 1.88. The first-order valence-electron chi connectivity index (χ1n) is 4.49. The van der Waals surface area contributed by atoms with Crippen LogP contribution in [0.2, 0.25) is 0 Å². The maximum atomic E-state index is 4.24. The van der Waals surface area contributed by atoms with Crippen LogP contribution in [0.3, 0.4) is 0 Å². The molecule has 0 aliphatic carbocycles. The second-order valence-electron chi connectivity index (χ2n) is 3.07. The molecule has 0 radical (unpaired) electrons. The van der Waals surface area contributed by atoms with Gasteiger partial charge < -0.3 is 5.43 Å². The average molecular weight is 188 g/mol. The first kappa shape index (κ1) is 8.74. The number of nitrogens with one attached hydrogen (secondary N) is 1. The molecule has 0 saturated heterocycles. The summed E-state index contributed by atoms with van der Waals surface area (Å²) < 4.78 is 1.89. The van der Waals surface area contributed by atoms with Crippen molar-refractivity contribution < 1.29 is 0 Å². The molecule has 0 spiro atoms. The minimum atomic E-state index is 0.682. The highest BCUT2D eigenvalue weighted by atomic mass is 15.4. The lowest BCUT2D eigenvalue weighted by atomic mass is 10.4. The van der Waals surface area contributed by atoms with Gasteiger partial charge in [0, 0.05) is 18.6 Å². The second kappa shape index (κ2) is 3.91. The van der Waals surface area contributed by atoms with E-state index in [1.165, 1.54) is 0 Å². The first-order valence-corrected chi connectivity index (χ1v) is 4.49. The molecular formula is C10H12N4. The van der Waals surface area contributed by atoms with Crippen LogP contribution in [0.15, 0.2) is 36.9 Å². The Hall–Kier alpha value is -1.84. The van der Waals surface area contributed by atoms with Gasteiger partial charge in [-0.15, -0.1) is 0 Å². The maximum absolute atomic E-state index is 4.24. The van der Waals surface area contributed by atoms with E-state index in [0.717, 1.165) is 11.4 Å². The fraction of sp³-hybridized carbons (Fsp3) is 0.200. The summed E-state index contributed by atoms with van der Waals surface area (Å²) in [6.07, 6.45) is 7.45. The van der Waals surface area contributed by atoms with E-state index >= 15 is 0 Å². The summed E-state index contributed by atoms with van der Waals surface area (Å²) in [5.41, 5.74) is 5.05. The molecule has 0 fully saturated rings. The number of hydrogen-bond acceptors (Lipinski definition) is 3. The van der Waals surface area contributed by atoms with Gasteiger partial charge in [-0.1, -0.05) is 0 Å². The van der Waals surface area contributed by atoms with Crippen molar-refractivity contribution in [2.24, 2.45) is 0 Å². The lowest BCUT2D eigenvalue weighted by Crippen LogP contribution is -2.12. The molecule has 4 heteroatoms. The maximum Gasteiger partial charge on any atom is 0.0794 e. The van der Waals surface area contributed by atoms with Gasteiger partial charge in [0.15, 0.2) is 0 Å². The van der Waals surface area contributed by atoms with Gasteiger partial charge in [-0.2, -0.15) is 0 Å². The SMILES string of the molecule is Cc1cnc(CNn2cccc2)cn1. The van der Waals surface area contributed by atoms with Crippen LogP contribution in [0, 0.1) is 6.92 Å². The van der Waals surface area contributed by atoms with Crippen LogP contribution in [0.1, 0.15) is 11.4 Å². The zero-order valence-electron chi connectivity index (χ0n) is 8.01. The predicted molar refractivity (Wildman–Crippen MR) is 54.3 cm³/mol. The van der Waals surface area contributed by atoms with Crippen molar-refractivity contribution in [1.82, 2.24) is 14.6 Å². The lowest BCUT2D eigenvalue weighted by molar-refractivity contribution is 0.821. The molecule has 2 aromatic rings. The summed E-state index contributed by atoms with van der Waals surface area (Å²) in [5, 5.41) is 0. The van der Waals surface area contributed by atoms with Crippen molar-refractivity contribution in [2.45, 2.75) is 13.5 Å². The summed E-state index contributed by atoms with van der Waals surface area (Å²) in [6, 6.07) is 3.93. The van der Waals surface area contributed by atoms with Crippen molar-refractivity contribution in [3.05, 3.63) is 48.3 Å². The molecule has 0 atom stereocenters. The van der Waals surface area contributed by atoms with Gasteiger partial charge in [-0.25, -0.2) is 0 Å². The molecule has 0 aliphatic rings. The minimum Gasteiger partial charge on any atom is -0.320 e. The molecule has 1 N–H and O–H groups in total. The van der Waals surface area contributed by atoms with Gasteiger partial charge in [0.1, 0.15) is 0 Å². The van der Waals surface area contributed by atoms with Gasteiger partial charge >= 0.3 is 0 Å². The largest absolute Gasteiger partial charge is 0.320 e. The normalized spacial score (nSPS) is 10.1. The second-order valence-corrected chi connectivity index (χ2v) is 3.07. The lowest BCUT2D eigenvalue weighted by Gasteiger charge is -2.06. The fourth-order valence-corrected chi connectivity index (χ4v) is 1.12. The highest BCUT2D eigenvalue weighted by Crippen LogP contribution is 1.94. The highest BCUT2D eigenvalue weighted by molar-refractivity contribution is 5.03. The molecule has 0 bridgehead atoms. The number of nitrogens with zero attached hydrogens (tertiary/aromatic N) is 3. The molecule has 4 nitrogen and oxygen atoms in total. The molecule has 2 heterocycles. The minimum absolute atomic E-state index is 0.682. The monoisotopic (exact) mass is 188 g/mol. The Labute approximate surface area is 82.6 Å². The van der Waals surface area contributed by atoms with Gasteiger partial charge in [0.25, 0.3) is 0 Å². The van der Waals surface area contributed by atoms with Gasteiger partial charge in [0.2, 0.25) is 0 Å². The molecule has 2 aromatic heterocycles. The molecule has 0 aromatic carbocycles. The molecule has 0 saturated carbocycles. The van der Waals surface area contributed by atoms with E-state index < -0.39 is 0 Å². The molecule has 72 valence electrons. The van der Waals surface area contributed by atoms with Crippen LogP contribution in [-0.4, -0.2) is 14.6 Å². The van der Waals surface area contributed by atoms with Crippen LogP contribution < -0.4 is 5.43 Å². The number of rotatable bonds is 3. The molecule has 0 aliphatic heterocycles. The van der Waals surface area contributed by atoms with Crippen LogP contribution in [0.4, 0.5) is 0 Å². The quantitative estimate of drug-likeness (QED) is 0.790. The standard InChI is InChI=1S/C10H12N4/c1-9-6-12-10(7-11-9)8-13-14-4-2-3-5-14/h2-7,13H,8H2,1H3. The van der Waals surface area contributed by atoms with Crippen molar-refractivity contribution in [3.8, 4) is 0 Å². The van der Waals surface area contributed by atoms with Crippen LogP contribution in [0.25, 0.3) is 0 Å². The van der Waals surface area contributed by atoms with E-state index in [1.54, 1.807) is 12.4 Å². The predicted octanol–water partition coefficient (Wildman–Crippen LogP) is 1.33. The van der Waals surface area contributed by atoms with Crippen LogP contribution in [-0.2, 0) is 6.54 Å². The summed E-state index contributed by atoms with van der Waals surface area (Å²) in [5.74, 6) is 0. The third-order valence-electron chi connectivity index (χ3n) is 1.88. The molecule has 2 rings (SSSR count). The van der Waals surface area contributed by atoms with E-state index in [1.807, 2.05) is 36.1 Å². The molecule has 14 heavy (non-hydrogen) atoms. The smallest absolute Gasteiger partial charge is 0.0794 e. The number of aryl methyl sites for hydroxylation is 1. The Morgan fingerprint density at radius 2 is 2.00 bits per heavy atom. The fourth-order valence-electron chi connectivity index (χ4n) is 1.12. The van der Waals surface area contributed by atoms with E-state index in [0.29, 0.717) is 6.54 Å². The van der Waals surface area contributed by atoms with Crippen molar-refractivity contribution >= 4 is 0 Å². The van der Waals surface area contributed by atoms with E-state index in [2.05, 4.69) is 15.4 Å². The van der Waals surface area contributed by atoms with Gasteiger partial charge in [0.05, 0.1) is 24.1 Å². The number of aromatic nitrogens is 3. The van der Waals surface area contributed by atoms with E-state index in [9.17, 15) is 0 Å². The molecule has 0 amide bonds. The molecule has 0 unspecified atom stereocenters. The first-order chi connectivity index (χ1) is 6.84. The van der Waals surface area contributed by atoms with Crippen LogP contribution >= 0.6 is 0 Å². The van der Waals surface area contributed by atoms with Crippen molar-refractivity contribution in [2.75, 3.05) is 5.43 Å². The van der Waals surface area contributed by atoms with Gasteiger partial charge in [-0.05, 0) is 19.1 Å². The topological polar surface area (TPSA) is 42.7 Å². The van der Waals surface area contributed by atoms with E-state index in [4.69, 9.17) is 0 Å². The third kappa shape index (κ3) is 2.10. The van der Waals surface area contributed by atoms with Crippen molar-refractivity contribution in [3.63, 3.8) is 0 Å². The summed E-state index contributed by atoms with van der Waals surface area (Å²) in [4.78, 5) is 8.41. The van der Waals surface area contributed by atoms with Crippen LogP contribution in [0.5, 0.6) is 0 Å². The Balaban J connectivity index is 1.95. The molecular weight excluding hydrogens is 176 g/mol. The summed E-state index contributed by atoms with van der Waals surface area (Å²) in [7, 11) is 0. The average Bonchev–Trinajstić information content (AvgIpc) is 2.70. The Kier molecular flexibility index (Phi) is 2.44. The van der Waals surface area contributed by atoms with E-state index in [-0.39, 0.29) is 0 Å².